The van der Waals surface area contributed by atoms with Crippen LogP contribution in [0, 0.1) is 0 Å². The van der Waals surface area contributed by atoms with Gasteiger partial charge in [-0.15, -0.1) is 11.3 Å². The highest BCUT2D eigenvalue weighted by Gasteiger charge is 2.38. The minimum absolute atomic E-state index is 0.00812. The highest BCUT2D eigenvalue weighted by Crippen LogP contribution is 2.43. The maximum atomic E-state index is 12.5. The van der Waals surface area contributed by atoms with E-state index in [0.29, 0.717) is 6.61 Å². The minimum Gasteiger partial charge on any atom is -0.546 e. The Morgan fingerprint density at radius 2 is 2.25 bits per heavy atom. The highest BCUT2D eigenvalue weighted by atomic mass is 32.2. The van der Waals surface area contributed by atoms with E-state index >= 15 is 0 Å². The van der Waals surface area contributed by atoms with Crippen molar-refractivity contribution >= 4 is 44.0 Å². The summed E-state index contributed by atoms with van der Waals surface area (Å²) in [7, 11) is -2.25. The van der Waals surface area contributed by atoms with Crippen molar-refractivity contribution in [1.82, 2.24) is 13.1 Å². The molecule has 132 valence electrons. The molecule has 0 amide bonds. The molecule has 24 heavy (non-hydrogen) atoms. The molecular weight excluding hydrogens is 376 g/mol. The van der Waals surface area contributed by atoms with Crippen LogP contribution < -0.4 is 10.1 Å². The Labute approximate surface area is 146 Å². The third-order valence-corrected chi connectivity index (χ3v) is 7.53. The van der Waals surface area contributed by atoms with Gasteiger partial charge in [0, 0.05) is 27.2 Å². The fourth-order valence-electron chi connectivity index (χ4n) is 2.06. The lowest BCUT2D eigenvalue weighted by Gasteiger charge is -2.15. The molecule has 1 fully saturated rings. The number of rotatable bonds is 7. The van der Waals surface area contributed by atoms with Gasteiger partial charge in [-0.3, -0.25) is 0 Å². The summed E-state index contributed by atoms with van der Waals surface area (Å²) in [6, 6.07) is -0.00812. The van der Waals surface area contributed by atoms with Gasteiger partial charge in [0.15, 0.2) is 21.1 Å². The Balaban J connectivity index is 1.88. The minimum atomic E-state index is -3.75. The number of nitrogens with zero attached hydrogens (tertiary/aromatic N) is 3. The SMILES string of the molecule is CCOc1n[s+]([O-])nc1Nc1csc(S(=O)(=O)N(C)C2CC2)c1O. The average molecular weight is 392 g/mol. The number of anilines is 2. The molecule has 0 bridgehead atoms. The number of sulfonamides is 1. The van der Waals surface area contributed by atoms with Gasteiger partial charge >= 0.3 is 5.88 Å². The van der Waals surface area contributed by atoms with Crippen LogP contribution in [-0.2, 0) is 10.0 Å². The number of aromatic hydroxyl groups is 1. The van der Waals surface area contributed by atoms with Crippen molar-refractivity contribution in [3.8, 4) is 11.6 Å². The van der Waals surface area contributed by atoms with E-state index in [1.54, 1.807) is 6.92 Å². The molecule has 3 rings (SSSR count). The number of ether oxygens (including phenoxy) is 1. The summed E-state index contributed by atoms with van der Waals surface area (Å²) in [6.45, 7) is 2.04. The normalized spacial score (nSPS) is 15.8. The molecule has 1 aliphatic rings. The van der Waals surface area contributed by atoms with E-state index < -0.39 is 26.9 Å². The molecule has 1 unspecified atom stereocenters. The zero-order valence-electron chi connectivity index (χ0n) is 12.9. The van der Waals surface area contributed by atoms with Crippen LogP contribution in [-0.4, -0.2) is 50.8 Å². The molecule has 1 aliphatic carbocycles. The summed E-state index contributed by atoms with van der Waals surface area (Å²) in [4.78, 5) is 0. The molecule has 9 nitrogen and oxygen atoms in total. The predicted molar refractivity (Wildman–Crippen MR) is 89.1 cm³/mol. The quantitative estimate of drug-likeness (QED) is 0.684. The van der Waals surface area contributed by atoms with E-state index in [2.05, 4.69) is 14.1 Å². The van der Waals surface area contributed by atoms with Crippen LogP contribution >= 0.6 is 22.5 Å². The third-order valence-electron chi connectivity index (χ3n) is 3.47. The van der Waals surface area contributed by atoms with Crippen molar-refractivity contribution in [3.05, 3.63) is 5.38 Å². The van der Waals surface area contributed by atoms with E-state index in [1.807, 2.05) is 0 Å². The fraction of sp³-hybridized carbons (Fsp3) is 0.500. The van der Waals surface area contributed by atoms with Crippen molar-refractivity contribution in [3.63, 3.8) is 0 Å². The van der Waals surface area contributed by atoms with E-state index in [-0.39, 0.29) is 27.6 Å². The molecule has 0 aromatic carbocycles. The van der Waals surface area contributed by atoms with Crippen LogP contribution in [0.3, 0.4) is 0 Å². The first kappa shape index (κ1) is 17.4. The van der Waals surface area contributed by atoms with Gasteiger partial charge in [0.05, 0.1) is 12.3 Å². The average Bonchev–Trinajstić information content (AvgIpc) is 3.22. The molecule has 2 aromatic heterocycles. The number of aromatic nitrogens is 2. The van der Waals surface area contributed by atoms with Gasteiger partial charge in [0.25, 0.3) is 15.8 Å². The van der Waals surface area contributed by atoms with Gasteiger partial charge in [-0.25, -0.2) is 8.42 Å². The molecule has 12 heteroatoms. The topological polar surface area (TPSA) is 128 Å². The summed E-state index contributed by atoms with van der Waals surface area (Å²) in [5.74, 6) is -0.257. The predicted octanol–water partition coefficient (Wildman–Crippen LogP) is 1.90. The van der Waals surface area contributed by atoms with Gasteiger partial charge in [-0.1, -0.05) is 0 Å². The molecule has 0 spiro atoms. The van der Waals surface area contributed by atoms with Crippen LogP contribution in [0.1, 0.15) is 19.8 Å². The van der Waals surface area contributed by atoms with E-state index in [1.165, 1.54) is 16.7 Å². The highest BCUT2D eigenvalue weighted by molar-refractivity contribution is 7.91. The van der Waals surface area contributed by atoms with Gasteiger partial charge < -0.3 is 19.7 Å². The second-order valence-corrected chi connectivity index (χ2v) is 9.06. The molecule has 2 heterocycles. The standard InChI is InChI=1S/C12H16N4O5S3/c1-3-21-11-10(14-23(18)15-11)13-8-6-22-12(9(8)17)24(19,20)16(2)7-4-5-7/h6-7,17H,3-5H2,1-2H3,(H,13,14). The van der Waals surface area contributed by atoms with Crippen LogP contribution in [0.15, 0.2) is 9.59 Å². The molecule has 1 saturated carbocycles. The molecule has 2 aromatic rings. The summed E-state index contributed by atoms with van der Waals surface area (Å²) in [6.07, 6.45) is 1.65. The van der Waals surface area contributed by atoms with Crippen LogP contribution in [0.25, 0.3) is 0 Å². The van der Waals surface area contributed by atoms with E-state index in [0.717, 1.165) is 24.2 Å². The Hall–Kier alpha value is -1.47. The second-order valence-electron chi connectivity index (χ2n) is 5.16. The second kappa shape index (κ2) is 6.44. The van der Waals surface area contributed by atoms with Gasteiger partial charge in [0.1, 0.15) is 0 Å². The largest absolute Gasteiger partial charge is 0.546 e. The molecule has 0 aliphatic heterocycles. The lowest BCUT2D eigenvalue weighted by atomic mass is 10.4. The summed E-state index contributed by atoms with van der Waals surface area (Å²) < 4.78 is 50.2. The number of hydrogen-bond donors (Lipinski definition) is 2. The van der Waals surface area contributed by atoms with Crippen LogP contribution in [0.2, 0.25) is 0 Å². The van der Waals surface area contributed by atoms with Crippen LogP contribution in [0.5, 0.6) is 11.6 Å². The lowest BCUT2D eigenvalue weighted by molar-refractivity contribution is 0.331. The van der Waals surface area contributed by atoms with Gasteiger partial charge in [-0.2, -0.15) is 4.31 Å². The Morgan fingerprint density at radius 1 is 1.54 bits per heavy atom. The smallest absolute Gasteiger partial charge is 0.318 e. The Morgan fingerprint density at radius 3 is 2.88 bits per heavy atom. The van der Waals surface area contributed by atoms with E-state index in [4.69, 9.17) is 4.74 Å². The summed E-state index contributed by atoms with van der Waals surface area (Å²) >= 11 is -0.895. The first-order chi connectivity index (χ1) is 11.3. The number of thiophene rings is 1. The lowest BCUT2D eigenvalue weighted by Crippen LogP contribution is -2.28. The Bertz CT molecular complexity index is 843. The molecular formula is C12H16N4O5S3. The molecule has 0 saturated heterocycles. The number of hydrogen-bond acceptors (Lipinski definition) is 9. The third kappa shape index (κ3) is 3.19. The summed E-state index contributed by atoms with van der Waals surface area (Å²) in [5.41, 5.74) is 0.146. The van der Waals surface area contributed by atoms with Crippen LogP contribution in [0.4, 0.5) is 11.5 Å². The van der Waals surface area contributed by atoms with Crippen molar-refractivity contribution in [1.29, 1.82) is 0 Å². The Kier molecular flexibility index (Phi) is 4.66. The molecule has 1 atom stereocenters. The fourth-order valence-corrected chi connectivity index (χ4v) is 5.48. The van der Waals surface area contributed by atoms with Crippen molar-refractivity contribution in [2.45, 2.75) is 30.0 Å². The van der Waals surface area contributed by atoms with Crippen molar-refractivity contribution in [2.75, 3.05) is 19.0 Å². The van der Waals surface area contributed by atoms with Crippen molar-refractivity contribution < 1.29 is 22.8 Å². The zero-order valence-corrected chi connectivity index (χ0v) is 15.4. The number of nitrogens with one attached hydrogen (secondary N) is 1. The summed E-state index contributed by atoms with van der Waals surface area (Å²) in [5, 5.41) is 14.5. The van der Waals surface area contributed by atoms with Gasteiger partial charge in [-0.05, 0) is 19.8 Å². The van der Waals surface area contributed by atoms with Crippen molar-refractivity contribution in [2.24, 2.45) is 0 Å². The first-order valence-electron chi connectivity index (χ1n) is 7.12. The molecule has 2 N–H and O–H groups in total. The molecule has 0 radical (unpaired) electrons. The monoisotopic (exact) mass is 392 g/mol. The van der Waals surface area contributed by atoms with E-state index in [9.17, 15) is 18.1 Å². The first-order valence-corrected chi connectivity index (χ1v) is 10.5. The maximum Gasteiger partial charge on any atom is 0.318 e. The maximum absolute atomic E-state index is 12.5. The zero-order chi connectivity index (χ0) is 17.5. The van der Waals surface area contributed by atoms with Gasteiger partial charge in [0.2, 0.25) is 0 Å².